The van der Waals surface area contributed by atoms with Crippen molar-refractivity contribution in [1.29, 1.82) is 0 Å². The van der Waals surface area contributed by atoms with Gasteiger partial charge < -0.3 is 5.73 Å². The fourth-order valence-corrected chi connectivity index (χ4v) is 2.31. The SMILES string of the molecule is NC1CCc2cccc(-n3cccn3)c21. The first kappa shape index (κ1) is 8.68. The van der Waals surface area contributed by atoms with E-state index in [1.54, 1.807) is 6.20 Å². The van der Waals surface area contributed by atoms with Crippen molar-refractivity contribution in [3.8, 4) is 5.69 Å². The van der Waals surface area contributed by atoms with Crippen LogP contribution in [0.1, 0.15) is 23.6 Å². The molecule has 1 aromatic carbocycles. The standard InChI is InChI=1S/C12H13N3/c13-10-6-5-9-3-1-4-11(12(9)10)15-8-2-7-14-15/h1-4,7-8,10H,5-6,13H2. The van der Waals surface area contributed by atoms with Crippen LogP contribution in [0.5, 0.6) is 0 Å². The second kappa shape index (κ2) is 3.21. The van der Waals surface area contributed by atoms with Gasteiger partial charge >= 0.3 is 0 Å². The summed E-state index contributed by atoms with van der Waals surface area (Å²) in [5.41, 5.74) is 9.88. The first-order valence-corrected chi connectivity index (χ1v) is 5.23. The maximum absolute atomic E-state index is 6.11. The van der Waals surface area contributed by atoms with Crippen molar-refractivity contribution < 1.29 is 0 Å². The lowest BCUT2D eigenvalue weighted by Gasteiger charge is -2.11. The van der Waals surface area contributed by atoms with Gasteiger partial charge in [0.25, 0.3) is 0 Å². The van der Waals surface area contributed by atoms with Gasteiger partial charge in [-0.3, -0.25) is 0 Å². The molecule has 0 spiro atoms. The molecule has 1 aromatic heterocycles. The van der Waals surface area contributed by atoms with E-state index in [1.807, 2.05) is 16.9 Å². The molecule has 1 heterocycles. The highest BCUT2D eigenvalue weighted by Crippen LogP contribution is 2.33. The second-order valence-corrected chi connectivity index (χ2v) is 3.95. The van der Waals surface area contributed by atoms with E-state index in [0.717, 1.165) is 18.5 Å². The average molecular weight is 199 g/mol. The molecule has 3 nitrogen and oxygen atoms in total. The smallest absolute Gasteiger partial charge is 0.0696 e. The Morgan fingerprint density at radius 1 is 1.33 bits per heavy atom. The van der Waals surface area contributed by atoms with Crippen molar-refractivity contribution in [2.75, 3.05) is 0 Å². The molecule has 0 bridgehead atoms. The molecule has 3 heteroatoms. The van der Waals surface area contributed by atoms with Crippen molar-refractivity contribution in [3.63, 3.8) is 0 Å². The van der Waals surface area contributed by atoms with Gasteiger partial charge in [0.05, 0.1) is 5.69 Å². The quantitative estimate of drug-likeness (QED) is 0.761. The summed E-state index contributed by atoms with van der Waals surface area (Å²) in [6, 6.07) is 8.42. The van der Waals surface area contributed by atoms with Crippen LogP contribution in [-0.2, 0) is 6.42 Å². The Morgan fingerprint density at radius 2 is 2.27 bits per heavy atom. The normalized spacial score (nSPS) is 19.1. The number of hydrogen-bond donors (Lipinski definition) is 1. The zero-order valence-electron chi connectivity index (χ0n) is 8.43. The van der Waals surface area contributed by atoms with E-state index in [9.17, 15) is 0 Å². The Morgan fingerprint density at radius 3 is 3.07 bits per heavy atom. The summed E-state index contributed by atoms with van der Waals surface area (Å²) in [6.45, 7) is 0. The minimum atomic E-state index is 0.167. The zero-order chi connectivity index (χ0) is 10.3. The summed E-state index contributed by atoms with van der Waals surface area (Å²) >= 11 is 0. The molecular formula is C12H13N3. The molecule has 76 valence electrons. The van der Waals surface area contributed by atoms with Crippen molar-refractivity contribution in [1.82, 2.24) is 9.78 Å². The molecule has 2 aromatic rings. The summed E-state index contributed by atoms with van der Waals surface area (Å²) in [4.78, 5) is 0. The van der Waals surface area contributed by atoms with Gasteiger partial charge in [0.2, 0.25) is 0 Å². The van der Waals surface area contributed by atoms with Crippen molar-refractivity contribution in [2.45, 2.75) is 18.9 Å². The first-order chi connectivity index (χ1) is 7.36. The number of aromatic nitrogens is 2. The molecule has 0 aliphatic heterocycles. The van der Waals surface area contributed by atoms with E-state index in [0.29, 0.717) is 0 Å². The van der Waals surface area contributed by atoms with Crippen LogP contribution in [0.15, 0.2) is 36.7 Å². The van der Waals surface area contributed by atoms with Crippen molar-refractivity contribution >= 4 is 0 Å². The number of aryl methyl sites for hydroxylation is 1. The maximum atomic E-state index is 6.11. The van der Waals surface area contributed by atoms with E-state index in [2.05, 4.69) is 23.3 Å². The van der Waals surface area contributed by atoms with E-state index >= 15 is 0 Å². The largest absolute Gasteiger partial charge is 0.324 e. The Balaban J connectivity index is 2.21. The molecule has 0 amide bonds. The van der Waals surface area contributed by atoms with Crippen LogP contribution in [0, 0.1) is 0 Å². The van der Waals surface area contributed by atoms with Crippen LogP contribution in [0.25, 0.3) is 5.69 Å². The number of hydrogen-bond acceptors (Lipinski definition) is 2. The topological polar surface area (TPSA) is 43.8 Å². The summed E-state index contributed by atoms with van der Waals surface area (Å²) in [5, 5.41) is 4.26. The minimum absolute atomic E-state index is 0.167. The monoisotopic (exact) mass is 199 g/mol. The summed E-state index contributed by atoms with van der Waals surface area (Å²) < 4.78 is 1.89. The summed E-state index contributed by atoms with van der Waals surface area (Å²) in [7, 11) is 0. The molecule has 1 aliphatic carbocycles. The molecule has 2 N–H and O–H groups in total. The fraction of sp³-hybridized carbons (Fsp3) is 0.250. The molecule has 15 heavy (non-hydrogen) atoms. The molecule has 1 atom stereocenters. The van der Waals surface area contributed by atoms with Gasteiger partial charge in [-0.1, -0.05) is 12.1 Å². The van der Waals surface area contributed by atoms with Crippen LogP contribution in [0.2, 0.25) is 0 Å². The number of rotatable bonds is 1. The molecule has 0 saturated heterocycles. The lowest BCUT2D eigenvalue weighted by atomic mass is 10.1. The zero-order valence-corrected chi connectivity index (χ0v) is 8.43. The van der Waals surface area contributed by atoms with E-state index in [4.69, 9.17) is 5.73 Å². The van der Waals surface area contributed by atoms with Gasteiger partial charge in [-0.15, -0.1) is 0 Å². The first-order valence-electron chi connectivity index (χ1n) is 5.23. The fourth-order valence-electron chi connectivity index (χ4n) is 2.31. The molecule has 0 fully saturated rings. The minimum Gasteiger partial charge on any atom is -0.324 e. The lowest BCUT2D eigenvalue weighted by molar-refractivity contribution is 0.704. The highest BCUT2D eigenvalue weighted by Gasteiger charge is 2.22. The molecular weight excluding hydrogens is 186 g/mol. The third-order valence-corrected chi connectivity index (χ3v) is 3.02. The molecule has 1 aliphatic rings. The average Bonchev–Trinajstić information content (AvgIpc) is 2.88. The summed E-state index contributed by atoms with van der Waals surface area (Å²) in [6.07, 6.45) is 5.89. The third kappa shape index (κ3) is 1.27. The van der Waals surface area contributed by atoms with Gasteiger partial charge in [-0.25, -0.2) is 4.68 Å². The van der Waals surface area contributed by atoms with Crippen molar-refractivity contribution in [2.24, 2.45) is 5.73 Å². The van der Waals surface area contributed by atoms with Gasteiger partial charge in [0.15, 0.2) is 0 Å². The number of nitrogens with two attached hydrogens (primary N) is 1. The lowest BCUT2D eigenvalue weighted by Crippen LogP contribution is -2.10. The van der Waals surface area contributed by atoms with Crippen LogP contribution >= 0.6 is 0 Å². The molecule has 0 radical (unpaired) electrons. The summed E-state index contributed by atoms with van der Waals surface area (Å²) in [5.74, 6) is 0. The predicted molar refractivity (Wildman–Crippen MR) is 58.8 cm³/mol. The predicted octanol–water partition coefficient (Wildman–Crippen LogP) is 1.82. The van der Waals surface area contributed by atoms with Crippen molar-refractivity contribution in [3.05, 3.63) is 47.8 Å². The number of fused-ring (bicyclic) bond motifs is 1. The van der Waals surface area contributed by atoms with Gasteiger partial charge in [-0.2, -0.15) is 5.10 Å². The van der Waals surface area contributed by atoms with E-state index < -0.39 is 0 Å². The molecule has 3 rings (SSSR count). The highest BCUT2D eigenvalue weighted by molar-refractivity contribution is 5.49. The van der Waals surface area contributed by atoms with Gasteiger partial charge in [0.1, 0.15) is 0 Å². The Hall–Kier alpha value is -1.61. The Kier molecular flexibility index (Phi) is 1.86. The second-order valence-electron chi connectivity index (χ2n) is 3.95. The van der Waals surface area contributed by atoms with E-state index in [-0.39, 0.29) is 6.04 Å². The van der Waals surface area contributed by atoms with Crippen LogP contribution in [-0.4, -0.2) is 9.78 Å². The number of benzene rings is 1. The van der Waals surface area contributed by atoms with E-state index in [1.165, 1.54) is 11.1 Å². The molecule has 1 unspecified atom stereocenters. The third-order valence-electron chi connectivity index (χ3n) is 3.02. The maximum Gasteiger partial charge on any atom is 0.0696 e. The Labute approximate surface area is 88.5 Å². The van der Waals surface area contributed by atoms with Crippen LogP contribution in [0.4, 0.5) is 0 Å². The number of nitrogens with zero attached hydrogens (tertiary/aromatic N) is 2. The van der Waals surface area contributed by atoms with Crippen LogP contribution < -0.4 is 5.73 Å². The van der Waals surface area contributed by atoms with Gasteiger partial charge in [-0.05, 0) is 36.1 Å². The van der Waals surface area contributed by atoms with Crippen LogP contribution in [0.3, 0.4) is 0 Å². The Bertz CT molecular complexity index is 474. The van der Waals surface area contributed by atoms with Gasteiger partial charge in [0, 0.05) is 18.4 Å². The molecule has 0 saturated carbocycles. The highest BCUT2D eigenvalue weighted by atomic mass is 15.3.